The summed E-state index contributed by atoms with van der Waals surface area (Å²) >= 11 is 0. The summed E-state index contributed by atoms with van der Waals surface area (Å²) in [6.07, 6.45) is -4.96. The summed E-state index contributed by atoms with van der Waals surface area (Å²) in [5.41, 5.74) is 2.61. The van der Waals surface area contributed by atoms with Gasteiger partial charge in [0, 0.05) is 6.04 Å². The third-order valence-corrected chi connectivity index (χ3v) is 3.16. The van der Waals surface area contributed by atoms with Crippen LogP contribution in [0.4, 0.5) is 18.0 Å². The molecule has 0 spiro atoms. The molecule has 0 bridgehead atoms. The number of alkyl halides is 3. The average Bonchev–Trinajstić information content (AvgIpc) is 2.17. The number of alkyl carbamates (subject to hydrolysis) is 1. The van der Waals surface area contributed by atoms with E-state index in [9.17, 15) is 18.0 Å². The van der Waals surface area contributed by atoms with Crippen molar-refractivity contribution in [3.8, 4) is 0 Å². The molecule has 0 atom stereocenters. The molecule has 3 N–H and O–H groups in total. The highest BCUT2D eigenvalue weighted by Gasteiger charge is 2.53. The van der Waals surface area contributed by atoms with Crippen molar-refractivity contribution >= 4 is 6.09 Å². The highest BCUT2D eigenvalue weighted by Crippen LogP contribution is 2.39. The number of hydrogen-bond acceptors (Lipinski definition) is 3. The monoisotopic (exact) mass is 282 g/mol. The molecule has 1 rings (SSSR count). The molecule has 1 fully saturated rings. The van der Waals surface area contributed by atoms with Crippen molar-refractivity contribution in [2.45, 2.75) is 69.8 Å². The van der Waals surface area contributed by atoms with E-state index in [2.05, 4.69) is 5.32 Å². The number of nitrogens with two attached hydrogens (primary N) is 1. The third-order valence-electron chi connectivity index (χ3n) is 3.16. The number of carbonyl (C=O) groups is 1. The maximum absolute atomic E-state index is 12.7. The van der Waals surface area contributed by atoms with Crippen LogP contribution in [0, 0.1) is 0 Å². The van der Waals surface area contributed by atoms with Gasteiger partial charge in [-0.15, -0.1) is 0 Å². The largest absolute Gasteiger partial charge is 0.444 e. The first kappa shape index (κ1) is 16.1. The SMILES string of the molecule is CC(C)(C)OC(=O)NC1CCC(N)(C(F)(F)F)CC1. The van der Waals surface area contributed by atoms with E-state index in [0.717, 1.165) is 0 Å². The lowest BCUT2D eigenvalue weighted by molar-refractivity contribution is -0.194. The molecule has 0 aliphatic heterocycles. The molecule has 1 amide bonds. The van der Waals surface area contributed by atoms with Gasteiger partial charge in [-0.3, -0.25) is 0 Å². The highest BCUT2D eigenvalue weighted by molar-refractivity contribution is 5.68. The van der Waals surface area contributed by atoms with Gasteiger partial charge in [0.25, 0.3) is 0 Å². The molecule has 4 nitrogen and oxygen atoms in total. The number of hydrogen-bond donors (Lipinski definition) is 2. The Hall–Kier alpha value is -0.980. The van der Waals surface area contributed by atoms with Crippen LogP contribution >= 0.6 is 0 Å². The molecule has 0 saturated heterocycles. The molecule has 0 aromatic rings. The summed E-state index contributed by atoms with van der Waals surface area (Å²) in [6, 6.07) is -0.311. The fourth-order valence-corrected chi connectivity index (χ4v) is 2.03. The zero-order valence-electron chi connectivity index (χ0n) is 11.4. The van der Waals surface area contributed by atoms with Crippen molar-refractivity contribution in [1.82, 2.24) is 5.32 Å². The van der Waals surface area contributed by atoms with Crippen molar-refractivity contribution in [3.05, 3.63) is 0 Å². The normalized spacial score (nSPS) is 28.9. The lowest BCUT2D eigenvalue weighted by Gasteiger charge is -2.38. The van der Waals surface area contributed by atoms with Crippen molar-refractivity contribution in [2.24, 2.45) is 5.73 Å². The Bertz CT molecular complexity index is 329. The van der Waals surface area contributed by atoms with Gasteiger partial charge in [0.05, 0.1) is 0 Å². The Morgan fingerprint density at radius 2 is 1.74 bits per heavy atom. The van der Waals surface area contributed by atoms with Gasteiger partial charge in [-0.25, -0.2) is 4.79 Å². The van der Waals surface area contributed by atoms with Crippen LogP contribution in [0.1, 0.15) is 46.5 Å². The van der Waals surface area contributed by atoms with Gasteiger partial charge < -0.3 is 15.8 Å². The zero-order chi connectivity index (χ0) is 14.9. The second-order valence-electron chi connectivity index (χ2n) is 6.07. The number of halogens is 3. The van der Waals surface area contributed by atoms with E-state index >= 15 is 0 Å². The quantitative estimate of drug-likeness (QED) is 0.777. The van der Waals surface area contributed by atoms with Crippen molar-refractivity contribution in [2.75, 3.05) is 0 Å². The lowest BCUT2D eigenvalue weighted by atomic mass is 9.79. The van der Waals surface area contributed by atoms with E-state index in [1.54, 1.807) is 20.8 Å². The van der Waals surface area contributed by atoms with Crippen molar-refractivity contribution < 1.29 is 22.7 Å². The molecular formula is C12H21F3N2O2. The molecule has 1 aliphatic rings. The highest BCUT2D eigenvalue weighted by atomic mass is 19.4. The predicted octanol–water partition coefficient (Wildman–Crippen LogP) is 2.71. The van der Waals surface area contributed by atoms with Crippen LogP contribution in [-0.4, -0.2) is 29.5 Å². The van der Waals surface area contributed by atoms with Gasteiger partial charge in [-0.1, -0.05) is 0 Å². The Labute approximate surface area is 110 Å². The van der Waals surface area contributed by atoms with E-state index in [-0.39, 0.29) is 31.7 Å². The first-order valence-electron chi connectivity index (χ1n) is 6.28. The lowest BCUT2D eigenvalue weighted by Crippen LogP contribution is -2.57. The molecule has 1 saturated carbocycles. The molecule has 1 aliphatic carbocycles. The van der Waals surface area contributed by atoms with Crippen LogP contribution in [0.15, 0.2) is 0 Å². The first-order valence-corrected chi connectivity index (χ1v) is 6.28. The summed E-state index contributed by atoms with van der Waals surface area (Å²) in [7, 11) is 0. The van der Waals surface area contributed by atoms with Crippen molar-refractivity contribution in [1.29, 1.82) is 0 Å². The number of nitrogens with one attached hydrogen (secondary N) is 1. The Morgan fingerprint density at radius 1 is 1.26 bits per heavy atom. The molecule has 7 heteroatoms. The Kier molecular flexibility index (Phi) is 4.39. The standard InChI is InChI=1S/C12H21F3N2O2/c1-10(2,3)19-9(18)17-8-4-6-11(16,7-5-8)12(13,14)15/h8H,4-7,16H2,1-3H3,(H,17,18). The van der Waals surface area contributed by atoms with Gasteiger partial charge >= 0.3 is 12.3 Å². The van der Waals surface area contributed by atoms with Crippen LogP contribution in [0.5, 0.6) is 0 Å². The Morgan fingerprint density at radius 3 is 2.11 bits per heavy atom. The molecule has 0 aromatic carbocycles. The summed E-state index contributed by atoms with van der Waals surface area (Å²) in [4.78, 5) is 11.5. The number of rotatable bonds is 1. The van der Waals surface area contributed by atoms with Crippen LogP contribution in [-0.2, 0) is 4.74 Å². The summed E-state index contributed by atoms with van der Waals surface area (Å²) < 4.78 is 43.2. The van der Waals surface area contributed by atoms with E-state index in [1.165, 1.54) is 0 Å². The van der Waals surface area contributed by atoms with E-state index in [4.69, 9.17) is 10.5 Å². The molecule has 0 aromatic heterocycles. The van der Waals surface area contributed by atoms with Gasteiger partial charge in [0.2, 0.25) is 0 Å². The topological polar surface area (TPSA) is 64.3 Å². The van der Waals surface area contributed by atoms with Crippen LogP contribution in [0.25, 0.3) is 0 Å². The summed E-state index contributed by atoms with van der Waals surface area (Å²) in [5.74, 6) is 0. The van der Waals surface area contributed by atoms with Crippen LogP contribution < -0.4 is 11.1 Å². The van der Waals surface area contributed by atoms with E-state index < -0.39 is 23.4 Å². The number of amides is 1. The second kappa shape index (κ2) is 5.19. The maximum atomic E-state index is 12.7. The minimum absolute atomic E-state index is 0.184. The fourth-order valence-electron chi connectivity index (χ4n) is 2.03. The van der Waals surface area contributed by atoms with Crippen LogP contribution in [0.2, 0.25) is 0 Å². The third kappa shape index (κ3) is 4.56. The maximum Gasteiger partial charge on any atom is 0.407 e. The van der Waals surface area contributed by atoms with Gasteiger partial charge in [0.15, 0.2) is 0 Å². The van der Waals surface area contributed by atoms with E-state index in [1.807, 2.05) is 0 Å². The van der Waals surface area contributed by atoms with Gasteiger partial charge in [0.1, 0.15) is 11.1 Å². The molecule has 112 valence electrons. The summed E-state index contributed by atoms with van der Waals surface area (Å²) in [6.45, 7) is 5.17. The summed E-state index contributed by atoms with van der Waals surface area (Å²) in [5, 5.41) is 2.58. The molecule has 0 heterocycles. The van der Waals surface area contributed by atoms with E-state index in [0.29, 0.717) is 0 Å². The fraction of sp³-hybridized carbons (Fsp3) is 0.917. The van der Waals surface area contributed by atoms with Crippen molar-refractivity contribution in [3.63, 3.8) is 0 Å². The molecular weight excluding hydrogens is 261 g/mol. The van der Waals surface area contributed by atoms with Gasteiger partial charge in [-0.05, 0) is 46.5 Å². The minimum atomic E-state index is -4.40. The average molecular weight is 282 g/mol. The number of ether oxygens (including phenoxy) is 1. The zero-order valence-corrected chi connectivity index (χ0v) is 11.4. The number of carbonyl (C=O) groups excluding carboxylic acids is 1. The minimum Gasteiger partial charge on any atom is -0.444 e. The van der Waals surface area contributed by atoms with Crippen LogP contribution in [0.3, 0.4) is 0 Å². The Balaban J connectivity index is 2.45. The second-order valence-corrected chi connectivity index (χ2v) is 6.07. The predicted molar refractivity (Wildman–Crippen MR) is 64.6 cm³/mol. The smallest absolute Gasteiger partial charge is 0.407 e. The molecule has 0 unspecified atom stereocenters. The molecule has 19 heavy (non-hydrogen) atoms. The van der Waals surface area contributed by atoms with Gasteiger partial charge in [-0.2, -0.15) is 13.2 Å². The first-order chi connectivity index (χ1) is 8.43. The molecule has 0 radical (unpaired) electrons.